The molecule has 0 bridgehead atoms. The summed E-state index contributed by atoms with van der Waals surface area (Å²) in [7, 11) is 0. The van der Waals surface area contributed by atoms with E-state index < -0.39 is 0 Å². The van der Waals surface area contributed by atoms with Gasteiger partial charge in [0.05, 0.1) is 36.4 Å². The largest absolute Gasteiger partial charge is 0.492 e. The van der Waals surface area contributed by atoms with E-state index in [9.17, 15) is 4.79 Å². The van der Waals surface area contributed by atoms with Crippen LogP contribution in [0.2, 0.25) is 0 Å². The van der Waals surface area contributed by atoms with Crippen molar-refractivity contribution in [1.82, 2.24) is 20.0 Å². The van der Waals surface area contributed by atoms with Crippen molar-refractivity contribution in [1.29, 1.82) is 0 Å². The number of carbonyl (C=O) groups is 1. The predicted molar refractivity (Wildman–Crippen MR) is 126 cm³/mol. The molecule has 0 atom stereocenters. The van der Waals surface area contributed by atoms with Gasteiger partial charge in [-0.3, -0.25) is 9.69 Å². The Balaban J connectivity index is 1.31. The third-order valence-electron chi connectivity index (χ3n) is 5.46. The zero-order valence-corrected chi connectivity index (χ0v) is 19.7. The standard InChI is InChI=1S/C24H27BrN4O3/c1-18-23(17-27-29(18)21-7-5-20(25)6-8-21)24(30)26-16-19-3-2-4-22(15-19)32-14-11-28-9-12-31-13-10-28/h2-8,15,17H,9-14,16H2,1H3,(H,26,30). The van der Waals surface area contributed by atoms with Gasteiger partial charge in [0.2, 0.25) is 0 Å². The van der Waals surface area contributed by atoms with Crippen LogP contribution in [0, 0.1) is 6.92 Å². The lowest BCUT2D eigenvalue weighted by atomic mass is 10.2. The van der Waals surface area contributed by atoms with E-state index in [1.165, 1.54) is 0 Å². The Kier molecular flexibility index (Phi) is 7.57. The molecule has 1 aliphatic rings. The summed E-state index contributed by atoms with van der Waals surface area (Å²) in [6.45, 7) is 7.30. The number of benzene rings is 2. The van der Waals surface area contributed by atoms with Crippen molar-refractivity contribution >= 4 is 21.8 Å². The molecule has 2 heterocycles. The molecular weight excluding hydrogens is 472 g/mol. The Morgan fingerprint density at radius 2 is 1.97 bits per heavy atom. The fourth-order valence-electron chi connectivity index (χ4n) is 3.62. The minimum absolute atomic E-state index is 0.149. The van der Waals surface area contributed by atoms with Crippen molar-refractivity contribution < 1.29 is 14.3 Å². The summed E-state index contributed by atoms with van der Waals surface area (Å²) < 4.78 is 14.0. The second kappa shape index (κ2) is 10.8. The van der Waals surface area contributed by atoms with Gasteiger partial charge in [-0.15, -0.1) is 0 Å². The highest BCUT2D eigenvalue weighted by Gasteiger charge is 2.15. The van der Waals surface area contributed by atoms with Gasteiger partial charge in [-0.1, -0.05) is 28.1 Å². The molecular formula is C24H27BrN4O3. The number of ether oxygens (including phenoxy) is 2. The minimum Gasteiger partial charge on any atom is -0.492 e. The number of rotatable bonds is 8. The Morgan fingerprint density at radius 1 is 1.19 bits per heavy atom. The van der Waals surface area contributed by atoms with Gasteiger partial charge < -0.3 is 14.8 Å². The molecule has 0 radical (unpaired) electrons. The second-order valence-electron chi connectivity index (χ2n) is 7.66. The first kappa shape index (κ1) is 22.5. The molecule has 0 spiro atoms. The molecule has 168 valence electrons. The van der Waals surface area contributed by atoms with Crippen molar-refractivity contribution in [3.05, 3.63) is 76.0 Å². The van der Waals surface area contributed by atoms with E-state index in [-0.39, 0.29) is 5.91 Å². The van der Waals surface area contributed by atoms with Crippen LogP contribution < -0.4 is 10.1 Å². The zero-order valence-electron chi connectivity index (χ0n) is 18.1. The van der Waals surface area contributed by atoms with Crippen LogP contribution in [0.4, 0.5) is 0 Å². The van der Waals surface area contributed by atoms with Crippen LogP contribution in [0.3, 0.4) is 0 Å². The lowest BCUT2D eigenvalue weighted by Gasteiger charge is -2.26. The minimum atomic E-state index is -0.149. The summed E-state index contributed by atoms with van der Waals surface area (Å²) in [6.07, 6.45) is 1.61. The molecule has 32 heavy (non-hydrogen) atoms. The molecule has 4 rings (SSSR count). The third kappa shape index (κ3) is 5.76. The van der Waals surface area contributed by atoms with Gasteiger partial charge in [0.25, 0.3) is 5.91 Å². The highest BCUT2D eigenvalue weighted by Crippen LogP contribution is 2.18. The van der Waals surface area contributed by atoms with Crippen LogP contribution in [0.5, 0.6) is 5.75 Å². The molecule has 1 aliphatic heterocycles. The quantitative estimate of drug-likeness (QED) is 0.513. The fourth-order valence-corrected chi connectivity index (χ4v) is 3.88. The van der Waals surface area contributed by atoms with Gasteiger partial charge in [-0.05, 0) is 48.9 Å². The molecule has 1 N–H and O–H groups in total. The van der Waals surface area contributed by atoms with Crippen LogP contribution in [0.25, 0.3) is 5.69 Å². The number of hydrogen-bond acceptors (Lipinski definition) is 5. The SMILES string of the molecule is Cc1c(C(=O)NCc2cccc(OCCN3CCOCC3)c2)cnn1-c1ccc(Br)cc1. The van der Waals surface area contributed by atoms with Crippen molar-refractivity contribution in [3.8, 4) is 11.4 Å². The molecule has 7 nitrogen and oxygen atoms in total. The molecule has 1 fully saturated rings. The smallest absolute Gasteiger partial charge is 0.255 e. The van der Waals surface area contributed by atoms with Crippen molar-refractivity contribution in [2.24, 2.45) is 0 Å². The van der Waals surface area contributed by atoms with Gasteiger partial charge in [0, 0.05) is 30.7 Å². The number of hydrogen-bond donors (Lipinski definition) is 1. The van der Waals surface area contributed by atoms with Gasteiger partial charge >= 0.3 is 0 Å². The first-order valence-corrected chi connectivity index (χ1v) is 11.5. The van der Waals surface area contributed by atoms with Gasteiger partial charge in [0.1, 0.15) is 12.4 Å². The lowest BCUT2D eigenvalue weighted by Crippen LogP contribution is -2.38. The Labute approximate surface area is 196 Å². The molecule has 0 unspecified atom stereocenters. The predicted octanol–water partition coefficient (Wildman–Crippen LogP) is 3.58. The number of aromatic nitrogens is 2. The number of morpholine rings is 1. The van der Waals surface area contributed by atoms with Crippen LogP contribution >= 0.6 is 15.9 Å². The zero-order chi connectivity index (χ0) is 22.3. The van der Waals surface area contributed by atoms with Crippen molar-refractivity contribution in [2.45, 2.75) is 13.5 Å². The highest BCUT2D eigenvalue weighted by molar-refractivity contribution is 9.10. The molecule has 0 aliphatic carbocycles. The monoisotopic (exact) mass is 498 g/mol. The summed E-state index contributed by atoms with van der Waals surface area (Å²) in [6, 6.07) is 15.6. The maximum Gasteiger partial charge on any atom is 0.255 e. The number of halogens is 1. The Bertz CT molecular complexity index is 1050. The molecule has 8 heteroatoms. The van der Waals surface area contributed by atoms with Gasteiger partial charge in [-0.25, -0.2) is 4.68 Å². The number of nitrogens with zero attached hydrogens (tertiary/aromatic N) is 3. The Hall–Kier alpha value is -2.68. The summed E-state index contributed by atoms with van der Waals surface area (Å²) >= 11 is 3.44. The molecule has 1 aromatic heterocycles. The highest BCUT2D eigenvalue weighted by atomic mass is 79.9. The molecule has 0 saturated carbocycles. The van der Waals surface area contributed by atoms with Crippen LogP contribution in [-0.2, 0) is 11.3 Å². The van der Waals surface area contributed by atoms with Crippen molar-refractivity contribution in [3.63, 3.8) is 0 Å². The molecule has 3 aromatic rings. The van der Waals surface area contributed by atoms with Gasteiger partial charge in [-0.2, -0.15) is 5.10 Å². The van der Waals surface area contributed by atoms with E-state index in [1.54, 1.807) is 10.9 Å². The summed E-state index contributed by atoms with van der Waals surface area (Å²) in [5.74, 6) is 0.661. The number of nitrogens with one attached hydrogen (secondary N) is 1. The van der Waals surface area contributed by atoms with Gasteiger partial charge in [0.15, 0.2) is 0 Å². The normalized spacial score (nSPS) is 14.3. The second-order valence-corrected chi connectivity index (χ2v) is 8.58. The van der Waals surface area contributed by atoms with E-state index in [1.807, 2.05) is 55.5 Å². The lowest BCUT2D eigenvalue weighted by molar-refractivity contribution is 0.0322. The van der Waals surface area contributed by atoms with Crippen molar-refractivity contribution in [2.75, 3.05) is 39.5 Å². The number of carbonyl (C=O) groups excluding carboxylic acids is 1. The van der Waals surface area contributed by atoms with Crippen LogP contribution in [0.1, 0.15) is 21.6 Å². The first-order chi connectivity index (χ1) is 15.6. The maximum absolute atomic E-state index is 12.8. The Morgan fingerprint density at radius 3 is 2.75 bits per heavy atom. The third-order valence-corrected chi connectivity index (χ3v) is 5.99. The topological polar surface area (TPSA) is 68.6 Å². The molecule has 2 aromatic carbocycles. The van der Waals surface area contributed by atoms with E-state index >= 15 is 0 Å². The summed E-state index contributed by atoms with van der Waals surface area (Å²) in [5.41, 5.74) is 3.25. The van der Waals surface area contributed by atoms with E-state index in [2.05, 4.69) is 31.2 Å². The first-order valence-electron chi connectivity index (χ1n) is 10.7. The van der Waals surface area contributed by atoms with E-state index in [4.69, 9.17) is 9.47 Å². The number of amides is 1. The van der Waals surface area contributed by atoms with Crippen LogP contribution in [-0.4, -0.2) is 60.0 Å². The van der Waals surface area contributed by atoms with Crippen LogP contribution in [0.15, 0.2) is 59.2 Å². The summed E-state index contributed by atoms with van der Waals surface area (Å²) in [5, 5.41) is 7.37. The van der Waals surface area contributed by atoms with E-state index in [0.717, 1.165) is 60.0 Å². The fraction of sp³-hybridized carbons (Fsp3) is 0.333. The molecule has 1 saturated heterocycles. The van der Waals surface area contributed by atoms with E-state index in [0.29, 0.717) is 18.7 Å². The summed E-state index contributed by atoms with van der Waals surface area (Å²) in [4.78, 5) is 15.1. The maximum atomic E-state index is 12.8. The average Bonchev–Trinajstić information content (AvgIpc) is 3.20. The average molecular weight is 499 g/mol. The molecule has 1 amide bonds.